The fraction of sp³-hybridized carbons (Fsp3) is 0.444. The van der Waals surface area contributed by atoms with Gasteiger partial charge in [0.1, 0.15) is 0 Å². The van der Waals surface area contributed by atoms with Crippen molar-refractivity contribution in [2.45, 2.75) is 12.8 Å². The van der Waals surface area contributed by atoms with Gasteiger partial charge in [-0.05, 0) is 13.5 Å². The average molecular weight is 165 g/mol. The van der Waals surface area contributed by atoms with Crippen LogP contribution in [0.1, 0.15) is 12.8 Å². The molecule has 1 aliphatic rings. The summed E-state index contributed by atoms with van der Waals surface area (Å²) < 4.78 is 1.88. The van der Waals surface area contributed by atoms with Crippen molar-refractivity contribution in [3.8, 4) is 0 Å². The van der Waals surface area contributed by atoms with Gasteiger partial charge < -0.3 is 9.88 Å². The molecule has 0 bridgehead atoms. The lowest BCUT2D eigenvalue weighted by Crippen LogP contribution is -2.12. The van der Waals surface area contributed by atoms with Crippen LogP contribution in [-0.2, 0) is 11.8 Å². The molecule has 1 N–H and O–H groups in total. The molecular formula is C9H13N2O-. The van der Waals surface area contributed by atoms with Gasteiger partial charge in [0.05, 0.1) is 0 Å². The third-order valence-electron chi connectivity index (χ3n) is 1.59. The number of aryl methyl sites for hydroxylation is 1. The summed E-state index contributed by atoms with van der Waals surface area (Å²) in [6, 6.07) is 3.82. The first-order valence-corrected chi connectivity index (χ1v) is 4.05. The Hall–Kier alpha value is -1.25. The van der Waals surface area contributed by atoms with Gasteiger partial charge in [0.2, 0.25) is 5.91 Å². The highest BCUT2D eigenvalue weighted by atomic mass is 16.1. The molecule has 0 radical (unpaired) electrons. The highest BCUT2D eigenvalue weighted by Gasteiger charge is 2.05. The van der Waals surface area contributed by atoms with Crippen LogP contribution in [0, 0.1) is 6.20 Å². The van der Waals surface area contributed by atoms with Gasteiger partial charge in [0, 0.05) is 13.0 Å². The van der Waals surface area contributed by atoms with E-state index in [1.54, 1.807) is 0 Å². The first-order chi connectivity index (χ1) is 5.79. The van der Waals surface area contributed by atoms with E-state index in [2.05, 4.69) is 11.5 Å². The van der Waals surface area contributed by atoms with Gasteiger partial charge in [-0.25, -0.2) is 0 Å². The normalized spacial score (nSPS) is 14.9. The summed E-state index contributed by atoms with van der Waals surface area (Å²) in [7, 11) is 1.94. The maximum absolute atomic E-state index is 10.1. The second-order valence-electron chi connectivity index (χ2n) is 2.70. The average Bonchev–Trinajstić information content (AvgIpc) is 2.63. The minimum Gasteiger partial charge on any atom is -0.473 e. The summed E-state index contributed by atoms with van der Waals surface area (Å²) in [4.78, 5) is 10.1. The lowest BCUT2D eigenvalue weighted by atomic mass is 10.4. The Kier molecular flexibility index (Phi) is 3.38. The van der Waals surface area contributed by atoms with Crippen molar-refractivity contribution in [2.24, 2.45) is 7.05 Å². The molecular weight excluding hydrogens is 152 g/mol. The maximum Gasteiger partial charge on any atom is 0.220 e. The summed E-state index contributed by atoms with van der Waals surface area (Å²) in [5, 5.41) is 2.68. The fourth-order valence-electron chi connectivity index (χ4n) is 0.941. The standard InChI is InChI=1S/C5H6N.C4H7NO/c1-6-4-2-3-5-6;6-4-2-1-3-5-4/h2-4H,1H3;1-3H2,(H,5,6)/q-1;. The Morgan fingerprint density at radius 1 is 1.67 bits per heavy atom. The van der Waals surface area contributed by atoms with Crippen molar-refractivity contribution in [3.05, 3.63) is 24.5 Å². The predicted molar refractivity (Wildman–Crippen MR) is 46.5 cm³/mol. The topological polar surface area (TPSA) is 34.0 Å². The molecule has 1 amide bonds. The van der Waals surface area contributed by atoms with Gasteiger partial charge in [0.25, 0.3) is 0 Å². The van der Waals surface area contributed by atoms with Crippen LogP contribution in [0.2, 0.25) is 0 Å². The molecule has 66 valence electrons. The van der Waals surface area contributed by atoms with Gasteiger partial charge in [-0.15, -0.1) is 12.4 Å². The number of carbonyl (C=O) groups is 1. The molecule has 12 heavy (non-hydrogen) atoms. The molecule has 0 saturated carbocycles. The molecule has 0 aromatic carbocycles. The molecule has 1 saturated heterocycles. The van der Waals surface area contributed by atoms with E-state index >= 15 is 0 Å². The SMILES string of the molecule is Cn1[c-]ccc1.O=C1CCCN1. The zero-order valence-corrected chi connectivity index (χ0v) is 7.21. The molecule has 1 aromatic rings. The number of amides is 1. The van der Waals surface area contributed by atoms with Crippen molar-refractivity contribution in [1.29, 1.82) is 0 Å². The summed E-state index contributed by atoms with van der Waals surface area (Å²) in [6.07, 6.45) is 6.62. The van der Waals surface area contributed by atoms with Crippen LogP contribution in [0.3, 0.4) is 0 Å². The number of nitrogens with one attached hydrogen (secondary N) is 1. The van der Waals surface area contributed by atoms with E-state index in [0.29, 0.717) is 0 Å². The highest BCUT2D eigenvalue weighted by molar-refractivity contribution is 5.77. The third-order valence-corrected chi connectivity index (χ3v) is 1.59. The molecule has 0 atom stereocenters. The van der Waals surface area contributed by atoms with Crippen LogP contribution >= 0.6 is 0 Å². The van der Waals surface area contributed by atoms with Gasteiger partial charge in [-0.1, -0.05) is 0 Å². The van der Waals surface area contributed by atoms with Crippen LogP contribution in [0.5, 0.6) is 0 Å². The first-order valence-electron chi connectivity index (χ1n) is 4.05. The van der Waals surface area contributed by atoms with Gasteiger partial charge in [0.15, 0.2) is 0 Å². The number of nitrogens with zero attached hydrogens (tertiary/aromatic N) is 1. The Balaban J connectivity index is 0.000000120. The monoisotopic (exact) mass is 165 g/mol. The van der Waals surface area contributed by atoms with E-state index in [-0.39, 0.29) is 5.91 Å². The van der Waals surface area contributed by atoms with Crippen molar-refractivity contribution >= 4 is 5.91 Å². The fourth-order valence-corrected chi connectivity index (χ4v) is 0.941. The van der Waals surface area contributed by atoms with Gasteiger partial charge in [-0.3, -0.25) is 4.79 Å². The molecule has 3 heteroatoms. The predicted octanol–water partition coefficient (Wildman–Crippen LogP) is 0.722. The van der Waals surface area contributed by atoms with E-state index in [0.717, 1.165) is 19.4 Å². The molecule has 2 heterocycles. The Bertz CT molecular complexity index is 221. The maximum atomic E-state index is 10.1. The molecule has 2 rings (SSSR count). The number of rotatable bonds is 0. The van der Waals surface area contributed by atoms with Crippen LogP contribution < -0.4 is 5.32 Å². The largest absolute Gasteiger partial charge is 0.473 e. The third kappa shape index (κ3) is 3.23. The van der Waals surface area contributed by atoms with Crippen LogP contribution in [-0.4, -0.2) is 17.0 Å². The van der Waals surface area contributed by atoms with Crippen molar-refractivity contribution in [3.63, 3.8) is 0 Å². The first kappa shape index (κ1) is 8.84. The summed E-state index contributed by atoms with van der Waals surface area (Å²) in [6.45, 7) is 0.888. The molecule has 3 nitrogen and oxygen atoms in total. The Morgan fingerprint density at radius 2 is 2.50 bits per heavy atom. The molecule has 0 aliphatic carbocycles. The van der Waals surface area contributed by atoms with Gasteiger partial charge >= 0.3 is 0 Å². The van der Waals surface area contributed by atoms with Gasteiger partial charge in [-0.2, -0.15) is 12.1 Å². The Morgan fingerprint density at radius 3 is 2.67 bits per heavy atom. The lowest BCUT2D eigenvalue weighted by molar-refractivity contribution is -0.119. The van der Waals surface area contributed by atoms with E-state index in [9.17, 15) is 4.79 Å². The zero-order valence-electron chi connectivity index (χ0n) is 7.21. The second kappa shape index (κ2) is 4.59. The number of carbonyl (C=O) groups excluding carboxylic acids is 1. The molecule has 0 unspecified atom stereocenters. The molecule has 0 spiro atoms. The minimum atomic E-state index is 0.204. The van der Waals surface area contributed by atoms with Crippen LogP contribution in [0.15, 0.2) is 18.3 Å². The van der Waals surface area contributed by atoms with E-state index in [1.807, 2.05) is 29.9 Å². The zero-order chi connectivity index (χ0) is 8.81. The summed E-state index contributed by atoms with van der Waals surface area (Å²) in [5.41, 5.74) is 0. The Labute approximate surface area is 72.4 Å². The molecule has 1 aromatic heterocycles. The number of aromatic nitrogens is 1. The minimum absolute atomic E-state index is 0.204. The summed E-state index contributed by atoms with van der Waals surface area (Å²) >= 11 is 0. The van der Waals surface area contributed by atoms with Crippen molar-refractivity contribution in [2.75, 3.05) is 6.54 Å². The summed E-state index contributed by atoms with van der Waals surface area (Å²) in [5.74, 6) is 0.204. The van der Waals surface area contributed by atoms with E-state index < -0.39 is 0 Å². The smallest absolute Gasteiger partial charge is 0.220 e. The van der Waals surface area contributed by atoms with Crippen molar-refractivity contribution < 1.29 is 4.79 Å². The quantitative estimate of drug-likeness (QED) is 0.565. The van der Waals surface area contributed by atoms with Crippen LogP contribution in [0.25, 0.3) is 0 Å². The second-order valence-corrected chi connectivity index (χ2v) is 2.70. The van der Waals surface area contributed by atoms with Crippen LogP contribution in [0.4, 0.5) is 0 Å². The number of hydrogen-bond donors (Lipinski definition) is 1. The van der Waals surface area contributed by atoms with Crippen molar-refractivity contribution in [1.82, 2.24) is 9.88 Å². The number of hydrogen-bond acceptors (Lipinski definition) is 1. The highest BCUT2D eigenvalue weighted by Crippen LogP contribution is 1.93. The molecule has 1 aliphatic heterocycles. The lowest BCUT2D eigenvalue weighted by Gasteiger charge is -1.89. The molecule has 1 fully saturated rings. The van der Waals surface area contributed by atoms with E-state index in [1.165, 1.54) is 0 Å². The van der Waals surface area contributed by atoms with E-state index in [4.69, 9.17) is 0 Å².